The number of fused-ring (bicyclic) bond motifs is 1. The third-order valence-corrected chi connectivity index (χ3v) is 4.93. The van der Waals surface area contributed by atoms with E-state index in [2.05, 4.69) is 10.6 Å². The minimum atomic E-state index is -0.972. The van der Waals surface area contributed by atoms with Crippen molar-refractivity contribution in [3.63, 3.8) is 0 Å². The van der Waals surface area contributed by atoms with Crippen molar-refractivity contribution in [3.8, 4) is 0 Å². The molecule has 0 aliphatic carbocycles. The molecule has 3 heterocycles. The summed E-state index contributed by atoms with van der Waals surface area (Å²) in [7, 11) is 1.97. The average Bonchev–Trinajstić information content (AvgIpc) is 3.24. The van der Waals surface area contributed by atoms with Gasteiger partial charge in [0.25, 0.3) is 5.91 Å². The van der Waals surface area contributed by atoms with Gasteiger partial charge in [0.05, 0.1) is 6.54 Å². The first kappa shape index (κ1) is 15.4. The molecule has 2 fully saturated rings. The fraction of sp³-hybridized carbons (Fsp3) is 0.278. The molecule has 25 heavy (non-hydrogen) atoms. The first-order valence-electron chi connectivity index (χ1n) is 8.13. The summed E-state index contributed by atoms with van der Waals surface area (Å²) < 4.78 is 2.02. The lowest BCUT2D eigenvalue weighted by atomic mass is 10.00. The molecule has 2 saturated heterocycles. The largest absolute Gasteiger partial charge is 0.350 e. The molecular formula is C18H18N4O3. The second kappa shape index (κ2) is 5.47. The van der Waals surface area contributed by atoms with Crippen molar-refractivity contribution in [1.82, 2.24) is 20.1 Å². The van der Waals surface area contributed by atoms with Crippen LogP contribution >= 0.6 is 0 Å². The summed E-state index contributed by atoms with van der Waals surface area (Å²) in [4.78, 5) is 37.4. The zero-order valence-corrected chi connectivity index (χ0v) is 13.8. The molecule has 1 spiro atoms. The summed E-state index contributed by atoms with van der Waals surface area (Å²) in [6.45, 7) is 0.635. The van der Waals surface area contributed by atoms with Gasteiger partial charge >= 0.3 is 6.03 Å². The van der Waals surface area contributed by atoms with Crippen LogP contribution in [0.15, 0.2) is 36.5 Å². The van der Waals surface area contributed by atoms with E-state index in [1.807, 2.05) is 42.1 Å². The maximum absolute atomic E-state index is 12.5. The fourth-order valence-electron chi connectivity index (χ4n) is 3.59. The van der Waals surface area contributed by atoms with Crippen molar-refractivity contribution < 1.29 is 14.4 Å². The van der Waals surface area contributed by atoms with Crippen LogP contribution in [-0.4, -0.2) is 45.9 Å². The first-order chi connectivity index (χ1) is 12.0. The number of para-hydroxylation sites is 1. The highest BCUT2D eigenvalue weighted by Gasteiger charge is 2.51. The SMILES string of the molecule is Cn1cc(/C=C/C(=O)N2CCC3(C2)NC(=O)NC3=O)c2ccccc21. The molecule has 7 nitrogen and oxygen atoms in total. The molecule has 128 valence electrons. The Morgan fingerprint density at radius 1 is 1.28 bits per heavy atom. The number of amides is 4. The number of hydrogen-bond donors (Lipinski definition) is 2. The summed E-state index contributed by atoms with van der Waals surface area (Å²) in [5.74, 6) is -0.524. The van der Waals surface area contributed by atoms with Crippen LogP contribution < -0.4 is 10.6 Å². The van der Waals surface area contributed by atoms with Crippen molar-refractivity contribution in [3.05, 3.63) is 42.1 Å². The predicted octanol–water partition coefficient (Wildman–Crippen LogP) is 1.00. The molecule has 1 unspecified atom stereocenters. The van der Waals surface area contributed by atoms with Gasteiger partial charge in [0.15, 0.2) is 0 Å². The summed E-state index contributed by atoms with van der Waals surface area (Å²) in [5.41, 5.74) is 1.09. The number of benzene rings is 1. The molecule has 1 atom stereocenters. The maximum Gasteiger partial charge on any atom is 0.322 e. The second-order valence-electron chi connectivity index (χ2n) is 6.55. The molecule has 2 aromatic rings. The maximum atomic E-state index is 12.5. The number of likely N-dealkylation sites (tertiary alicyclic amines) is 1. The number of carbonyl (C=O) groups is 3. The van der Waals surface area contributed by atoms with Crippen LogP contribution in [0.2, 0.25) is 0 Å². The Labute approximate surface area is 144 Å². The Kier molecular flexibility index (Phi) is 3.38. The van der Waals surface area contributed by atoms with E-state index in [4.69, 9.17) is 0 Å². The third kappa shape index (κ3) is 2.48. The van der Waals surface area contributed by atoms with Gasteiger partial charge in [-0.15, -0.1) is 0 Å². The van der Waals surface area contributed by atoms with E-state index >= 15 is 0 Å². The molecular weight excluding hydrogens is 320 g/mol. The number of hydrogen-bond acceptors (Lipinski definition) is 3. The van der Waals surface area contributed by atoms with Crippen LogP contribution in [0.5, 0.6) is 0 Å². The molecule has 0 radical (unpaired) electrons. The highest BCUT2D eigenvalue weighted by molar-refractivity contribution is 6.08. The highest BCUT2D eigenvalue weighted by Crippen LogP contribution is 2.25. The van der Waals surface area contributed by atoms with Gasteiger partial charge in [-0.2, -0.15) is 0 Å². The van der Waals surface area contributed by atoms with Gasteiger partial charge in [-0.25, -0.2) is 4.79 Å². The molecule has 2 aliphatic rings. The number of rotatable bonds is 2. The predicted molar refractivity (Wildman–Crippen MR) is 92.6 cm³/mol. The number of urea groups is 1. The van der Waals surface area contributed by atoms with E-state index in [9.17, 15) is 14.4 Å². The van der Waals surface area contributed by atoms with Crippen LogP contribution in [0.1, 0.15) is 12.0 Å². The smallest absolute Gasteiger partial charge is 0.322 e. The summed E-state index contributed by atoms with van der Waals surface area (Å²) in [6.07, 6.45) is 5.72. The second-order valence-corrected chi connectivity index (χ2v) is 6.55. The third-order valence-electron chi connectivity index (χ3n) is 4.93. The first-order valence-corrected chi connectivity index (χ1v) is 8.13. The summed E-state index contributed by atoms with van der Waals surface area (Å²) >= 11 is 0. The van der Waals surface area contributed by atoms with Crippen molar-refractivity contribution in [2.45, 2.75) is 12.0 Å². The molecule has 0 saturated carbocycles. The normalized spacial score (nSPS) is 23.0. The van der Waals surface area contributed by atoms with Gasteiger partial charge in [-0.3, -0.25) is 14.9 Å². The summed E-state index contributed by atoms with van der Waals surface area (Å²) in [6, 6.07) is 7.49. The number of aromatic nitrogens is 1. The van der Waals surface area contributed by atoms with Gasteiger partial charge in [-0.1, -0.05) is 18.2 Å². The highest BCUT2D eigenvalue weighted by atomic mass is 16.2. The van der Waals surface area contributed by atoms with E-state index in [1.54, 1.807) is 11.0 Å². The molecule has 1 aromatic carbocycles. The Bertz CT molecular complexity index is 930. The molecule has 4 amide bonds. The molecule has 2 N–H and O–H groups in total. The zero-order chi connectivity index (χ0) is 17.6. The van der Waals surface area contributed by atoms with E-state index in [-0.39, 0.29) is 18.4 Å². The standard InChI is InChI=1S/C18H18N4O3/c1-21-10-12(13-4-2-3-5-14(13)21)6-7-15(23)22-9-8-18(11-22)16(24)19-17(25)20-18/h2-7,10H,8-9,11H2,1H3,(H2,19,20,24,25)/b7-6+. The van der Waals surface area contributed by atoms with Gasteiger partial charge in [0, 0.05) is 42.3 Å². The lowest BCUT2D eigenvalue weighted by Crippen LogP contribution is -2.49. The van der Waals surface area contributed by atoms with E-state index in [0.717, 1.165) is 16.5 Å². The number of nitrogens with one attached hydrogen (secondary N) is 2. The van der Waals surface area contributed by atoms with E-state index in [1.165, 1.54) is 6.08 Å². The minimum absolute atomic E-state index is 0.168. The van der Waals surface area contributed by atoms with Crippen molar-refractivity contribution in [2.24, 2.45) is 7.05 Å². The molecule has 0 bridgehead atoms. The van der Waals surface area contributed by atoms with Gasteiger partial charge < -0.3 is 14.8 Å². The number of carbonyl (C=O) groups excluding carboxylic acids is 3. The number of imide groups is 1. The Hall–Kier alpha value is -3.09. The van der Waals surface area contributed by atoms with Crippen LogP contribution in [0.25, 0.3) is 17.0 Å². The van der Waals surface area contributed by atoms with Crippen molar-refractivity contribution in [1.29, 1.82) is 0 Å². The molecule has 2 aliphatic heterocycles. The van der Waals surface area contributed by atoms with E-state index in [0.29, 0.717) is 13.0 Å². The topological polar surface area (TPSA) is 83.4 Å². The van der Waals surface area contributed by atoms with Gasteiger partial charge in [-0.05, 0) is 18.6 Å². The number of nitrogens with zero attached hydrogens (tertiary/aromatic N) is 2. The van der Waals surface area contributed by atoms with E-state index < -0.39 is 11.6 Å². The molecule has 1 aromatic heterocycles. The van der Waals surface area contributed by atoms with Crippen LogP contribution in [-0.2, 0) is 16.6 Å². The molecule has 7 heteroatoms. The Balaban J connectivity index is 1.52. The minimum Gasteiger partial charge on any atom is -0.350 e. The van der Waals surface area contributed by atoms with Gasteiger partial charge in [0.1, 0.15) is 5.54 Å². The quantitative estimate of drug-likeness (QED) is 0.633. The number of aryl methyl sites for hydroxylation is 1. The van der Waals surface area contributed by atoms with Gasteiger partial charge in [0.2, 0.25) is 5.91 Å². The fourth-order valence-corrected chi connectivity index (χ4v) is 3.59. The Morgan fingerprint density at radius 3 is 2.84 bits per heavy atom. The molecule has 4 rings (SSSR count). The monoisotopic (exact) mass is 338 g/mol. The van der Waals surface area contributed by atoms with Crippen LogP contribution in [0.3, 0.4) is 0 Å². The van der Waals surface area contributed by atoms with Crippen molar-refractivity contribution in [2.75, 3.05) is 13.1 Å². The van der Waals surface area contributed by atoms with Crippen LogP contribution in [0, 0.1) is 0 Å². The average molecular weight is 338 g/mol. The zero-order valence-electron chi connectivity index (χ0n) is 13.8. The summed E-state index contributed by atoms with van der Waals surface area (Å²) in [5, 5.41) is 5.96. The lowest BCUT2D eigenvalue weighted by Gasteiger charge is -2.20. The van der Waals surface area contributed by atoms with Crippen LogP contribution in [0.4, 0.5) is 4.79 Å². The lowest BCUT2D eigenvalue weighted by molar-refractivity contribution is -0.126. The van der Waals surface area contributed by atoms with Crippen molar-refractivity contribution >= 4 is 34.8 Å². The Morgan fingerprint density at radius 2 is 2.08 bits per heavy atom.